The van der Waals surface area contributed by atoms with E-state index in [2.05, 4.69) is 0 Å². The van der Waals surface area contributed by atoms with Crippen molar-refractivity contribution in [3.8, 4) is 0 Å². The van der Waals surface area contributed by atoms with E-state index in [4.69, 9.17) is 9.29 Å². The van der Waals surface area contributed by atoms with Gasteiger partial charge in [0.05, 0.1) is 6.61 Å². The summed E-state index contributed by atoms with van der Waals surface area (Å²) in [5.74, 6) is -2.99. The van der Waals surface area contributed by atoms with Gasteiger partial charge in [-0.15, -0.1) is 0 Å². The Morgan fingerprint density at radius 2 is 1.76 bits per heavy atom. The summed E-state index contributed by atoms with van der Waals surface area (Å²) in [5, 5.41) is 10.6. The Bertz CT molecular complexity index is 435. The maximum atomic E-state index is 11.9. The van der Waals surface area contributed by atoms with Crippen LogP contribution in [0.1, 0.15) is 52.4 Å². The largest absolute Gasteiger partial charge is 1.00 e. The van der Waals surface area contributed by atoms with Crippen LogP contribution in [0.15, 0.2) is 0 Å². The van der Waals surface area contributed by atoms with Gasteiger partial charge in [0.15, 0.2) is 4.75 Å². The third kappa shape index (κ3) is 7.53. The number of carbonyl (C=O) groups excluding carboxylic acids is 2. The van der Waals surface area contributed by atoms with E-state index >= 15 is 0 Å². The number of aliphatic carboxylic acids is 1. The Morgan fingerprint density at radius 1 is 1.19 bits per heavy atom. The zero-order chi connectivity index (χ0) is 15.8. The Balaban J connectivity index is 0. The molecule has 0 aromatic carbocycles. The van der Waals surface area contributed by atoms with Crippen molar-refractivity contribution in [2.45, 2.75) is 57.1 Å². The molecular formula is C12H21KO7S. The van der Waals surface area contributed by atoms with Crippen molar-refractivity contribution in [1.29, 1.82) is 0 Å². The Hall–Kier alpha value is 0.486. The van der Waals surface area contributed by atoms with Gasteiger partial charge in [-0.05, 0) is 12.8 Å². The monoisotopic (exact) mass is 348 g/mol. The summed E-state index contributed by atoms with van der Waals surface area (Å²) in [6.45, 7) is 3.28. The number of rotatable bonds is 10. The molecule has 0 saturated carbocycles. The maximum Gasteiger partial charge on any atom is 1.00 e. The number of hydrogen-bond acceptors (Lipinski definition) is 6. The van der Waals surface area contributed by atoms with Crippen LogP contribution in [-0.2, 0) is 24.4 Å². The first-order valence-electron chi connectivity index (χ1n) is 6.55. The summed E-state index contributed by atoms with van der Waals surface area (Å²) in [5.41, 5.74) is 0. The van der Waals surface area contributed by atoms with Gasteiger partial charge in [0.25, 0.3) is 10.1 Å². The van der Waals surface area contributed by atoms with Gasteiger partial charge in [0, 0.05) is 12.4 Å². The quantitative estimate of drug-likeness (QED) is 0.197. The summed E-state index contributed by atoms with van der Waals surface area (Å²) >= 11 is 0. The molecule has 0 rings (SSSR count). The molecule has 118 valence electrons. The second-order valence-corrected chi connectivity index (χ2v) is 6.30. The fourth-order valence-corrected chi connectivity index (χ4v) is 2.71. The molecule has 9 heteroatoms. The Kier molecular flexibility index (Phi) is 12.5. The van der Waals surface area contributed by atoms with E-state index < -0.39 is 39.6 Å². The standard InChI is InChI=1S/C12H22O7S.K/c1-3-5-6-7-8-19-11(15)12(4-2,9-10(13)14)20(16,17)18;/h3-9H2,1-2H3,(H,13,14)(H,16,17,18);/q;+1/p-1. The van der Waals surface area contributed by atoms with Crippen molar-refractivity contribution in [3.05, 3.63) is 0 Å². The predicted octanol–water partition coefficient (Wildman–Crippen LogP) is -2.71. The molecule has 0 amide bonds. The number of carboxylic acid groups (broad SMARTS) is 1. The summed E-state index contributed by atoms with van der Waals surface area (Å²) < 4.78 is 34.2. The van der Waals surface area contributed by atoms with Crippen molar-refractivity contribution in [1.82, 2.24) is 0 Å². The van der Waals surface area contributed by atoms with E-state index in [-0.39, 0.29) is 58.0 Å². The Labute approximate surface area is 168 Å². The van der Waals surface area contributed by atoms with Crippen molar-refractivity contribution >= 4 is 22.1 Å². The van der Waals surface area contributed by atoms with Gasteiger partial charge in [0.2, 0.25) is 0 Å². The van der Waals surface area contributed by atoms with Crippen molar-refractivity contribution in [3.63, 3.8) is 0 Å². The SMILES string of the molecule is CCCCCCOC(=O)C(CC)(CC(=O)[O-])S(=O)(=O)O.[K+]. The van der Waals surface area contributed by atoms with Gasteiger partial charge in [-0.2, -0.15) is 8.42 Å². The zero-order valence-corrected chi connectivity index (χ0v) is 16.7. The molecule has 0 radical (unpaired) electrons. The predicted molar refractivity (Wildman–Crippen MR) is 69.3 cm³/mol. The molecule has 0 aliphatic rings. The molecule has 21 heavy (non-hydrogen) atoms. The van der Waals surface area contributed by atoms with Gasteiger partial charge in [0.1, 0.15) is 0 Å². The molecule has 0 aliphatic carbocycles. The first kappa shape index (κ1) is 23.7. The number of unbranched alkanes of at least 4 members (excludes halogenated alkanes) is 3. The van der Waals surface area contributed by atoms with Crippen LogP contribution in [-0.4, -0.2) is 36.3 Å². The molecule has 0 saturated heterocycles. The van der Waals surface area contributed by atoms with Crippen LogP contribution in [0.2, 0.25) is 0 Å². The zero-order valence-electron chi connectivity index (χ0n) is 12.8. The number of ether oxygens (including phenoxy) is 1. The molecule has 0 bridgehead atoms. The molecule has 7 nitrogen and oxygen atoms in total. The van der Waals surface area contributed by atoms with E-state index in [1.54, 1.807) is 0 Å². The second-order valence-electron chi connectivity index (χ2n) is 4.57. The van der Waals surface area contributed by atoms with E-state index in [0.29, 0.717) is 6.42 Å². The smallest absolute Gasteiger partial charge is 0.550 e. The van der Waals surface area contributed by atoms with Crippen molar-refractivity contribution in [2.75, 3.05) is 6.61 Å². The number of hydrogen-bond donors (Lipinski definition) is 1. The molecule has 0 spiro atoms. The normalized spacial score (nSPS) is 13.9. The van der Waals surface area contributed by atoms with Gasteiger partial charge in [-0.3, -0.25) is 9.35 Å². The van der Waals surface area contributed by atoms with Gasteiger partial charge < -0.3 is 14.6 Å². The third-order valence-electron chi connectivity index (χ3n) is 3.10. The molecule has 1 atom stereocenters. The van der Waals surface area contributed by atoms with Crippen molar-refractivity contribution in [2.24, 2.45) is 0 Å². The van der Waals surface area contributed by atoms with Crippen LogP contribution >= 0.6 is 0 Å². The topological polar surface area (TPSA) is 121 Å². The maximum absolute atomic E-state index is 11.9. The van der Waals surface area contributed by atoms with E-state index in [9.17, 15) is 23.1 Å². The third-order valence-corrected chi connectivity index (χ3v) is 4.69. The van der Waals surface area contributed by atoms with Crippen LogP contribution in [0.5, 0.6) is 0 Å². The molecule has 0 heterocycles. The summed E-state index contributed by atoms with van der Waals surface area (Å²) in [7, 11) is -4.91. The van der Waals surface area contributed by atoms with E-state index in [1.807, 2.05) is 6.92 Å². The molecule has 0 aromatic heterocycles. The van der Waals surface area contributed by atoms with Crippen LogP contribution in [0.25, 0.3) is 0 Å². The minimum absolute atomic E-state index is 0. The second kappa shape index (κ2) is 11.1. The van der Waals surface area contributed by atoms with Crippen LogP contribution in [0.3, 0.4) is 0 Å². The van der Waals surface area contributed by atoms with Crippen LogP contribution < -0.4 is 56.5 Å². The van der Waals surface area contributed by atoms with E-state index in [1.165, 1.54) is 6.92 Å². The van der Waals surface area contributed by atoms with E-state index in [0.717, 1.165) is 19.3 Å². The van der Waals surface area contributed by atoms with Crippen molar-refractivity contribution < 1.29 is 83.8 Å². The minimum Gasteiger partial charge on any atom is -0.550 e. The van der Waals surface area contributed by atoms with Crippen LogP contribution in [0, 0.1) is 0 Å². The molecule has 0 fully saturated rings. The number of esters is 1. The van der Waals surface area contributed by atoms with Gasteiger partial charge in [-0.25, -0.2) is 0 Å². The fourth-order valence-electron chi connectivity index (χ4n) is 1.78. The summed E-state index contributed by atoms with van der Waals surface area (Å²) in [6, 6.07) is 0. The minimum atomic E-state index is -4.91. The fraction of sp³-hybridized carbons (Fsp3) is 0.833. The molecule has 1 unspecified atom stereocenters. The van der Waals surface area contributed by atoms with Crippen LogP contribution in [0.4, 0.5) is 0 Å². The average Bonchev–Trinajstić information content (AvgIpc) is 2.33. The Morgan fingerprint density at radius 3 is 2.14 bits per heavy atom. The van der Waals surface area contributed by atoms with Gasteiger partial charge in [-0.1, -0.05) is 33.1 Å². The average molecular weight is 348 g/mol. The molecular weight excluding hydrogens is 327 g/mol. The molecule has 1 N–H and O–H groups in total. The first-order chi connectivity index (χ1) is 9.21. The molecule has 0 aliphatic heterocycles. The van der Waals surface area contributed by atoms with Gasteiger partial charge >= 0.3 is 57.4 Å². The summed E-state index contributed by atoms with van der Waals surface area (Å²) in [6.07, 6.45) is 1.77. The molecule has 0 aromatic rings. The summed E-state index contributed by atoms with van der Waals surface area (Å²) in [4.78, 5) is 22.5. The number of carbonyl (C=O) groups is 2. The number of carboxylic acids is 1. The first-order valence-corrected chi connectivity index (χ1v) is 7.99.